The molecule has 0 heterocycles. The molecule has 0 aliphatic carbocycles. The van der Waals surface area contributed by atoms with E-state index < -0.39 is 0 Å². The average molecular weight is 322 g/mol. The minimum Gasteiger partial charge on any atom is -0.376 e. The smallest absolute Gasteiger partial charge is 0.0717 e. The second-order valence-electron chi connectivity index (χ2n) is 5.40. The predicted octanol–water partition coefficient (Wildman–Crippen LogP) is 5.57. The number of hydrogen-bond donors (Lipinski definition) is 0. The fraction of sp³-hybridized carbons (Fsp3) is 0.143. The van der Waals surface area contributed by atoms with Crippen molar-refractivity contribution in [2.75, 3.05) is 6.61 Å². The first-order valence-corrected chi connectivity index (χ1v) is 8.07. The van der Waals surface area contributed by atoms with Crippen LogP contribution in [0.25, 0.3) is 11.1 Å². The van der Waals surface area contributed by atoms with E-state index in [2.05, 4.69) is 42.5 Å². The lowest BCUT2D eigenvalue weighted by Crippen LogP contribution is -1.99. The second-order valence-corrected chi connectivity index (χ2v) is 5.83. The van der Waals surface area contributed by atoms with E-state index in [-0.39, 0.29) is 0 Å². The lowest BCUT2D eigenvalue weighted by atomic mass is 10.0. The minimum atomic E-state index is 0.607. The molecule has 0 aliphatic heterocycles. The molecule has 3 rings (SSSR count). The summed E-state index contributed by atoms with van der Waals surface area (Å²) < 4.78 is 5.75. The standard InChI is InChI=1S/C21H18ClO/c22-21-11-9-18(10-12-21)16-23-14-13-17-5-4-8-20(15-17)19-6-2-1-3-7-19/h1-4,6-12,15H,13-14,16H2. The van der Waals surface area contributed by atoms with Gasteiger partial charge in [-0.3, -0.25) is 0 Å². The third-order valence-corrected chi connectivity index (χ3v) is 3.92. The highest BCUT2D eigenvalue weighted by atomic mass is 35.5. The summed E-state index contributed by atoms with van der Waals surface area (Å²) in [6.45, 7) is 1.28. The molecule has 0 aliphatic rings. The van der Waals surface area contributed by atoms with Crippen molar-refractivity contribution in [3.05, 3.63) is 95.0 Å². The lowest BCUT2D eigenvalue weighted by molar-refractivity contribution is 0.124. The van der Waals surface area contributed by atoms with Crippen molar-refractivity contribution >= 4 is 11.6 Å². The zero-order valence-electron chi connectivity index (χ0n) is 12.8. The molecule has 0 atom stereocenters. The Kier molecular flexibility index (Phi) is 5.46. The molecule has 0 unspecified atom stereocenters. The third-order valence-electron chi connectivity index (χ3n) is 3.67. The van der Waals surface area contributed by atoms with Crippen LogP contribution in [-0.4, -0.2) is 6.61 Å². The van der Waals surface area contributed by atoms with Crippen LogP contribution in [0.15, 0.2) is 72.8 Å². The number of rotatable bonds is 6. The van der Waals surface area contributed by atoms with Crippen molar-refractivity contribution in [2.45, 2.75) is 13.0 Å². The van der Waals surface area contributed by atoms with Crippen molar-refractivity contribution in [3.8, 4) is 11.1 Å². The topological polar surface area (TPSA) is 9.23 Å². The van der Waals surface area contributed by atoms with Crippen molar-refractivity contribution < 1.29 is 4.74 Å². The van der Waals surface area contributed by atoms with E-state index in [0.717, 1.165) is 17.0 Å². The van der Waals surface area contributed by atoms with E-state index in [1.165, 1.54) is 16.7 Å². The van der Waals surface area contributed by atoms with Crippen LogP contribution in [0.3, 0.4) is 0 Å². The van der Waals surface area contributed by atoms with Gasteiger partial charge in [0, 0.05) is 5.02 Å². The maximum absolute atomic E-state index is 5.87. The van der Waals surface area contributed by atoms with Crippen LogP contribution in [0.5, 0.6) is 0 Å². The molecule has 0 amide bonds. The summed E-state index contributed by atoms with van der Waals surface area (Å²) in [5.41, 5.74) is 4.75. The maximum atomic E-state index is 5.87. The van der Waals surface area contributed by atoms with Crippen molar-refractivity contribution in [1.29, 1.82) is 0 Å². The molecule has 1 radical (unpaired) electrons. The highest BCUT2D eigenvalue weighted by Crippen LogP contribution is 2.20. The molecule has 0 aromatic heterocycles. The molecular weight excluding hydrogens is 304 g/mol. The summed E-state index contributed by atoms with van der Waals surface area (Å²) in [4.78, 5) is 0. The Hall–Kier alpha value is -2.09. The summed E-state index contributed by atoms with van der Waals surface area (Å²) in [7, 11) is 0. The summed E-state index contributed by atoms with van der Waals surface area (Å²) in [5.74, 6) is 0. The Balaban J connectivity index is 1.53. The molecule has 3 aromatic rings. The molecule has 0 spiro atoms. The SMILES string of the molecule is Clc1ccc(COCCc2[c]ccc(-c3ccccc3)c2)cc1. The molecule has 3 aromatic carbocycles. The third kappa shape index (κ3) is 4.69. The van der Waals surface area contributed by atoms with E-state index in [0.29, 0.717) is 13.2 Å². The Morgan fingerprint density at radius 3 is 2.43 bits per heavy atom. The van der Waals surface area contributed by atoms with E-state index in [1.807, 2.05) is 36.4 Å². The van der Waals surface area contributed by atoms with Gasteiger partial charge in [-0.05, 0) is 46.9 Å². The van der Waals surface area contributed by atoms with Gasteiger partial charge in [0.1, 0.15) is 0 Å². The fourth-order valence-corrected chi connectivity index (χ4v) is 2.55. The zero-order valence-corrected chi connectivity index (χ0v) is 13.6. The van der Waals surface area contributed by atoms with Crippen LogP contribution >= 0.6 is 11.6 Å². The van der Waals surface area contributed by atoms with Crippen LogP contribution < -0.4 is 0 Å². The highest BCUT2D eigenvalue weighted by Gasteiger charge is 2.00. The lowest BCUT2D eigenvalue weighted by Gasteiger charge is -2.07. The van der Waals surface area contributed by atoms with E-state index >= 15 is 0 Å². The first-order chi connectivity index (χ1) is 11.3. The summed E-state index contributed by atoms with van der Waals surface area (Å²) in [5, 5.41) is 0.751. The molecule has 2 heteroatoms. The summed E-state index contributed by atoms with van der Waals surface area (Å²) in [6.07, 6.45) is 0.855. The number of ether oxygens (including phenoxy) is 1. The Bertz CT molecular complexity index is 735. The van der Waals surface area contributed by atoms with E-state index in [4.69, 9.17) is 16.3 Å². The fourth-order valence-electron chi connectivity index (χ4n) is 2.42. The van der Waals surface area contributed by atoms with Crippen molar-refractivity contribution in [2.24, 2.45) is 0 Å². The largest absolute Gasteiger partial charge is 0.376 e. The van der Waals surface area contributed by atoms with Gasteiger partial charge < -0.3 is 4.74 Å². The molecule has 1 nitrogen and oxygen atoms in total. The van der Waals surface area contributed by atoms with Crippen LogP contribution in [0.4, 0.5) is 0 Å². The number of benzene rings is 3. The Morgan fingerprint density at radius 2 is 1.65 bits per heavy atom. The van der Waals surface area contributed by atoms with Crippen LogP contribution in [0.1, 0.15) is 11.1 Å². The first-order valence-electron chi connectivity index (χ1n) is 7.69. The molecule has 115 valence electrons. The van der Waals surface area contributed by atoms with E-state index in [9.17, 15) is 0 Å². The van der Waals surface area contributed by atoms with Gasteiger partial charge in [-0.1, -0.05) is 72.3 Å². The monoisotopic (exact) mass is 321 g/mol. The summed E-state index contributed by atoms with van der Waals surface area (Å²) >= 11 is 5.87. The molecule has 23 heavy (non-hydrogen) atoms. The van der Waals surface area contributed by atoms with Gasteiger partial charge in [0.15, 0.2) is 0 Å². The van der Waals surface area contributed by atoms with Crippen LogP contribution in [-0.2, 0) is 17.8 Å². The number of halogens is 1. The summed E-state index contributed by atoms with van der Waals surface area (Å²) in [6, 6.07) is 27.7. The Morgan fingerprint density at radius 1 is 0.870 bits per heavy atom. The molecule has 0 saturated heterocycles. The quantitative estimate of drug-likeness (QED) is 0.539. The molecular formula is C21H18ClO. The van der Waals surface area contributed by atoms with E-state index in [1.54, 1.807) is 0 Å². The van der Waals surface area contributed by atoms with Crippen LogP contribution in [0, 0.1) is 6.07 Å². The number of hydrogen-bond acceptors (Lipinski definition) is 1. The van der Waals surface area contributed by atoms with Gasteiger partial charge in [0.05, 0.1) is 13.2 Å². The van der Waals surface area contributed by atoms with Gasteiger partial charge >= 0.3 is 0 Å². The first kappa shape index (κ1) is 15.8. The normalized spacial score (nSPS) is 10.7. The van der Waals surface area contributed by atoms with Gasteiger partial charge in [0.25, 0.3) is 0 Å². The van der Waals surface area contributed by atoms with Gasteiger partial charge in [-0.25, -0.2) is 0 Å². The van der Waals surface area contributed by atoms with Gasteiger partial charge in [-0.2, -0.15) is 0 Å². The predicted molar refractivity (Wildman–Crippen MR) is 95.5 cm³/mol. The van der Waals surface area contributed by atoms with Crippen molar-refractivity contribution in [3.63, 3.8) is 0 Å². The van der Waals surface area contributed by atoms with Gasteiger partial charge in [0.2, 0.25) is 0 Å². The highest BCUT2D eigenvalue weighted by molar-refractivity contribution is 6.30. The maximum Gasteiger partial charge on any atom is 0.0717 e. The second kappa shape index (κ2) is 7.96. The zero-order chi connectivity index (χ0) is 15.9. The van der Waals surface area contributed by atoms with Crippen molar-refractivity contribution in [1.82, 2.24) is 0 Å². The molecule has 0 N–H and O–H groups in total. The average Bonchev–Trinajstić information content (AvgIpc) is 2.61. The molecule has 0 bridgehead atoms. The molecule has 0 saturated carbocycles. The molecule has 0 fully saturated rings. The van der Waals surface area contributed by atoms with Gasteiger partial charge in [-0.15, -0.1) is 0 Å². The Labute approximate surface area is 142 Å². The minimum absolute atomic E-state index is 0.607. The van der Waals surface area contributed by atoms with Crippen LogP contribution in [0.2, 0.25) is 5.02 Å².